The molecule has 0 radical (unpaired) electrons. The minimum atomic E-state index is -2.63. The Hall–Kier alpha value is -1.48. The second-order valence-corrected chi connectivity index (χ2v) is 4.86. The molecule has 1 fully saturated rings. The number of ether oxygens (including phenoxy) is 1. The Morgan fingerprint density at radius 1 is 1.68 bits per heavy atom. The summed E-state index contributed by atoms with van der Waals surface area (Å²) in [6, 6.07) is 0. The SMILES string of the molecule is C=C1N=C(N)C=CN1C1O[C@](F)(CO)[C@@H](O)[C@@]1(C)N. The van der Waals surface area contributed by atoms with Gasteiger partial charge in [-0.3, -0.25) is 0 Å². The van der Waals surface area contributed by atoms with E-state index < -0.39 is 30.3 Å². The Labute approximate surface area is 109 Å². The lowest BCUT2D eigenvalue weighted by Gasteiger charge is -2.36. The maximum atomic E-state index is 14.2. The average Bonchev–Trinajstić information content (AvgIpc) is 2.51. The molecule has 0 aromatic rings. The molecule has 2 rings (SSSR count). The van der Waals surface area contributed by atoms with Crippen LogP contribution < -0.4 is 11.5 Å². The van der Waals surface area contributed by atoms with Crippen LogP contribution in [-0.4, -0.2) is 51.3 Å². The van der Waals surface area contributed by atoms with Crippen LogP contribution in [0.2, 0.25) is 0 Å². The van der Waals surface area contributed by atoms with E-state index in [9.17, 15) is 9.50 Å². The number of rotatable bonds is 2. The third kappa shape index (κ3) is 2.02. The Morgan fingerprint density at radius 3 is 2.79 bits per heavy atom. The fourth-order valence-electron chi connectivity index (χ4n) is 2.16. The van der Waals surface area contributed by atoms with Gasteiger partial charge in [0.1, 0.15) is 24.4 Å². The molecule has 1 saturated heterocycles. The molecule has 0 aliphatic carbocycles. The number of nitrogens with two attached hydrogens (primary N) is 2. The molecule has 8 heteroatoms. The van der Waals surface area contributed by atoms with Crippen LogP contribution in [0.5, 0.6) is 0 Å². The molecule has 0 spiro atoms. The van der Waals surface area contributed by atoms with Gasteiger partial charge in [0, 0.05) is 6.20 Å². The molecule has 7 nitrogen and oxygen atoms in total. The molecule has 0 amide bonds. The summed E-state index contributed by atoms with van der Waals surface area (Å²) in [4.78, 5) is 5.27. The van der Waals surface area contributed by atoms with Gasteiger partial charge < -0.3 is 31.3 Å². The lowest BCUT2D eigenvalue weighted by Crippen LogP contribution is -2.59. The number of nitrogens with zero attached hydrogens (tertiary/aromatic N) is 2. The van der Waals surface area contributed by atoms with Crippen molar-refractivity contribution in [2.75, 3.05) is 6.61 Å². The summed E-state index contributed by atoms with van der Waals surface area (Å²) < 4.78 is 19.3. The van der Waals surface area contributed by atoms with Gasteiger partial charge in [-0.1, -0.05) is 6.58 Å². The van der Waals surface area contributed by atoms with E-state index in [0.29, 0.717) is 0 Å². The number of hydrogen-bond donors (Lipinski definition) is 4. The monoisotopic (exact) mass is 272 g/mol. The Morgan fingerprint density at radius 2 is 2.32 bits per heavy atom. The zero-order valence-electron chi connectivity index (χ0n) is 10.5. The van der Waals surface area contributed by atoms with Crippen LogP contribution in [0, 0.1) is 0 Å². The molecule has 0 aromatic heterocycles. The summed E-state index contributed by atoms with van der Waals surface area (Å²) in [5.74, 6) is -2.18. The summed E-state index contributed by atoms with van der Waals surface area (Å²) >= 11 is 0. The number of alkyl halides is 1. The first-order chi connectivity index (χ1) is 8.72. The minimum absolute atomic E-state index is 0.205. The molecule has 0 bridgehead atoms. The third-order valence-electron chi connectivity index (χ3n) is 3.27. The van der Waals surface area contributed by atoms with Crippen LogP contribution in [0.25, 0.3) is 0 Å². The first kappa shape index (κ1) is 13.9. The predicted octanol–water partition coefficient (Wildman–Crippen LogP) is -1.26. The topological polar surface area (TPSA) is 117 Å². The molecule has 6 N–H and O–H groups in total. The fourth-order valence-corrected chi connectivity index (χ4v) is 2.16. The molecule has 106 valence electrons. The molecule has 2 aliphatic heterocycles. The van der Waals surface area contributed by atoms with Crippen molar-refractivity contribution in [2.45, 2.75) is 30.6 Å². The molecule has 19 heavy (non-hydrogen) atoms. The maximum absolute atomic E-state index is 14.2. The van der Waals surface area contributed by atoms with E-state index >= 15 is 0 Å². The van der Waals surface area contributed by atoms with Crippen molar-refractivity contribution >= 4 is 5.84 Å². The van der Waals surface area contributed by atoms with Crippen molar-refractivity contribution in [2.24, 2.45) is 16.5 Å². The summed E-state index contributed by atoms with van der Waals surface area (Å²) in [6.07, 6.45) is 0.188. The van der Waals surface area contributed by atoms with Gasteiger partial charge in [0.15, 0.2) is 6.23 Å². The molecule has 0 saturated carbocycles. The van der Waals surface area contributed by atoms with Crippen LogP contribution >= 0.6 is 0 Å². The number of aliphatic imine (C=N–C) groups is 1. The van der Waals surface area contributed by atoms with Gasteiger partial charge >= 0.3 is 0 Å². The van der Waals surface area contributed by atoms with E-state index in [1.807, 2.05) is 0 Å². The normalized spacial score (nSPS) is 42.7. The van der Waals surface area contributed by atoms with Gasteiger partial charge in [-0.05, 0) is 13.0 Å². The van der Waals surface area contributed by atoms with Gasteiger partial charge in [0.2, 0.25) is 0 Å². The highest BCUT2D eigenvalue weighted by atomic mass is 19.2. The zero-order chi connectivity index (χ0) is 14.4. The van der Waals surface area contributed by atoms with Crippen LogP contribution in [0.1, 0.15) is 6.92 Å². The standard InChI is InChI=1S/C11H17FN4O3/c1-6-15-7(13)3-4-16(6)9-10(2,14)8(18)11(12,5-17)19-9/h3-4,8-9,17-18H,1,5,14H2,2H3,(H2,13,15)/t8-,9?,10+,11+/m0/s1. The van der Waals surface area contributed by atoms with Crippen molar-refractivity contribution < 1.29 is 19.3 Å². The van der Waals surface area contributed by atoms with Crippen molar-refractivity contribution in [1.29, 1.82) is 0 Å². The molecule has 2 heterocycles. The number of hydrogen-bond acceptors (Lipinski definition) is 7. The second kappa shape index (κ2) is 4.27. The van der Waals surface area contributed by atoms with Crippen molar-refractivity contribution in [3.8, 4) is 0 Å². The van der Waals surface area contributed by atoms with E-state index in [4.69, 9.17) is 21.3 Å². The molecule has 0 aromatic carbocycles. The number of aliphatic hydroxyl groups is 2. The summed E-state index contributed by atoms with van der Waals surface area (Å²) in [6.45, 7) is 4.07. The molecule has 1 unspecified atom stereocenters. The number of amidine groups is 1. The van der Waals surface area contributed by atoms with Crippen LogP contribution in [-0.2, 0) is 4.74 Å². The van der Waals surface area contributed by atoms with Gasteiger partial charge in [-0.25, -0.2) is 9.38 Å². The second-order valence-electron chi connectivity index (χ2n) is 4.86. The highest BCUT2D eigenvalue weighted by molar-refractivity contribution is 5.92. The fraction of sp³-hybridized carbons (Fsp3) is 0.545. The molecule has 4 atom stereocenters. The van der Waals surface area contributed by atoms with E-state index in [1.54, 1.807) is 0 Å². The first-order valence-corrected chi connectivity index (χ1v) is 5.66. The summed E-state index contributed by atoms with van der Waals surface area (Å²) in [5.41, 5.74) is 9.96. The van der Waals surface area contributed by atoms with Gasteiger partial charge in [0.05, 0.1) is 5.54 Å². The average molecular weight is 272 g/mol. The van der Waals surface area contributed by atoms with E-state index in [0.717, 1.165) is 0 Å². The van der Waals surface area contributed by atoms with Crippen LogP contribution in [0.15, 0.2) is 29.7 Å². The summed E-state index contributed by atoms with van der Waals surface area (Å²) in [5, 5.41) is 18.9. The first-order valence-electron chi connectivity index (χ1n) is 5.66. The van der Waals surface area contributed by atoms with Gasteiger partial charge in [0.25, 0.3) is 5.85 Å². The van der Waals surface area contributed by atoms with E-state index in [-0.39, 0.29) is 11.7 Å². The lowest BCUT2D eigenvalue weighted by molar-refractivity contribution is -0.209. The lowest BCUT2D eigenvalue weighted by atomic mass is 9.92. The quantitative estimate of drug-likeness (QED) is 0.498. The maximum Gasteiger partial charge on any atom is 0.262 e. The van der Waals surface area contributed by atoms with E-state index in [2.05, 4.69) is 11.6 Å². The smallest absolute Gasteiger partial charge is 0.262 e. The van der Waals surface area contributed by atoms with E-state index in [1.165, 1.54) is 24.1 Å². The molecular weight excluding hydrogens is 255 g/mol. The highest BCUT2D eigenvalue weighted by Crippen LogP contribution is 2.40. The van der Waals surface area contributed by atoms with Gasteiger partial charge in [-0.2, -0.15) is 0 Å². The van der Waals surface area contributed by atoms with Crippen molar-refractivity contribution in [3.63, 3.8) is 0 Å². The number of halogens is 1. The molecule has 2 aliphatic rings. The predicted molar refractivity (Wildman–Crippen MR) is 66.1 cm³/mol. The highest BCUT2D eigenvalue weighted by Gasteiger charge is 2.62. The van der Waals surface area contributed by atoms with Crippen LogP contribution in [0.4, 0.5) is 4.39 Å². The number of aliphatic hydroxyl groups excluding tert-OH is 2. The Kier molecular flexibility index (Phi) is 3.13. The minimum Gasteiger partial charge on any atom is -0.390 e. The summed E-state index contributed by atoms with van der Waals surface area (Å²) in [7, 11) is 0. The van der Waals surface area contributed by atoms with Crippen molar-refractivity contribution in [1.82, 2.24) is 4.90 Å². The van der Waals surface area contributed by atoms with Crippen LogP contribution in [0.3, 0.4) is 0 Å². The molecular formula is C11H17FN4O3. The third-order valence-corrected chi connectivity index (χ3v) is 3.27. The zero-order valence-corrected chi connectivity index (χ0v) is 10.5. The van der Waals surface area contributed by atoms with Crippen molar-refractivity contribution in [3.05, 3.63) is 24.7 Å². The largest absolute Gasteiger partial charge is 0.390 e. The Bertz CT molecular complexity index is 465. The van der Waals surface area contributed by atoms with Gasteiger partial charge in [-0.15, -0.1) is 0 Å². The Balaban J connectivity index is 2.32.